The Balaban J connectivity index is 3.04. The minimum atomic E-state index is -0.906. The molecule has 0 bridgehead atoms. The Morgan fingerprint density at radius 2 is 1.81 bits per heavy atom. The van der Waals surface area contributed by atoms with Crippen LogP contribution in [0.15, 0.2) is 12.1 Å². The number of halogens is 2. The molecular weight excluding hydrogens is 216 g/mol. The fraction of sp³-hybridized carbons (Fsp3) is 0.300. The maximum atomic E-state index is 13.2. The number of amides is 1. The predicted molar refractivity (Wildman–Crippen MR) is 56.8 cm³/mol. The van der Waals surface area contributed by atoms with Crippen LogP contribution < -0.4 is 16.6 Å². The molecule has 0 radical (unpaired) electrons. The highest BCUT2D eigenvalue weighted by molar-refractivity contribution is 5.94. The first kappa shape index (κ1) is 12.4. The van der Waals surface area contributed by atoms with E-state index in [4.69, 9.17) is 5.84 Å². The molecule has 0 aliphatic heterocycles. The van der Waals surface area contributed by atoms with Crippen molar-refractivity contribution in [2.75, 3.05) is 5.43 Å². The molecule has 88 valence electrons. The Kier molecular flexibility index (Phi) is 3.78. The lowest BCUT2D eigenvalue weighted by Crippen LogP contribution is -2.30. The zero-order valence-corrected chi connectivity index (χ0v) is 8.97. The molecule has 1 aromatic carbocycles. The van der Waals surface area contributed by atoms with Crippen LogP contribution in [-0.2, 0) is 0 Å². The summed E-state index contributed by atoms with van der Waals surface area (Å²) in [6.07, 6.45) is 0. The van der Waals surface area contributed by atoms with Crippen molar-refractivity contribution in [1.29, 1.82) is 0 Å². The molecule has 0 fully saturated rings. The molecule has 16 heavy (non-hydrogen) atoms. The van der Waals surface area contributed by atoms with Crippen molar-refractivity contribution < 1.29 is 13.6 Å². The number of carbonyl (C=O) groups is 1. The minimum absolute atomic E-state index is 0.0808. The van der Waals surface area contributed by atoms with E-state index >= 15 is 0 Å². The molecule has 1 aromatic rings. The van der Waals surface area contributed by atoms with Crippen molar-refractivity contribution >= 4 is 11.6 Å². The van der Waals surface area contributed by atoms with E-state index in [0.717, 1.165) is 12.1 Å². The molecule has 0 aliphatic carbocycles. The van der Waals surface area contributed by atoms with E-state index in [1.54, 1.807) is 13.8 Å². The number of nitrogens with two attached hydrogens (primary N) is 1. The topological polar surface area (TPSA) is 67.2 Å². The Labute approximate surface area is 91.8 Å². The summed E-state index contributed by atoms with van der Waals surface area (Å²) >= 11 is 0. The SMILES string of the molecule is CC(C)NC(=O)c1cc(F)c(NN)c(F)c1. The Hall–Kier alpha value is -1.69. The van der Waals surface area contributed by atoms with Crippen molar-refractivity contribution in [3.63, 3.8) is 0 Å². The summed E-state index contributed by atoms with van der Waals surface area (Å²) in [4.78, 5) is 11.5. The van der Waals surface area contributed by atoms with Gasteiger partial charge in [0.1, 0.15) is 5.69 Å². The second-order valence-corrected chi connectivity index (χ2v) is 3.59. The number of hydrogen-bond acceptors (Lipinski definition) is 3. The molecule has 0 aromatic heterocycles. The van der Waals surface area contributed by atoms with Gasteiger partial charge in [-0.3, -0.25) is 10.6 Å². The van der Waals surface area contributed by atoms with Crippen molar-refractivity contribution in [1.82, 2.24) is 5.32 Å². The second-order valence-electron chi connectivity index (χ2n) is 3.59. The first-order valence-electron chi connectivity index (χ1n) is 4.72. The van der Waals surface area contributed by atoms with E-state index in [2.05, 4.69) is 5.32 Å². The lowest BCUT2D eigenvalue weighted by Gasteiger charge is -2.10. The number of hydrazine groups is 1. The van der Waals surface area contributed by atoms with Crippen LogP contribution in [0.2, 0.25) is 0 Å². The van der Waals surface area contributed by atoms with Gasteiger partial charge in [-0.1, -0.05) is 0 Å². The molecule has 0 aliphatic rings. The summed E-state index contributed by atoms with van der Waals surface area (Å²) in [6, 6.07) is 1.75. The monoisotopic (exact) mass is 229 g/mol. The van der Waals surface area contributed by atoms with Gasteiger partial charge in [-0.15, -0.1) is 0 Å². The Morgan fingerprint density at radius 1 is 1.31 bits per heavy atom. The van der Waals surface area contributed by atoms with Gasteiger partial charge >= 0.3 is 0 Å². The second kappa shape index (κ2) is 4.89. The summed E-state index contributed by atoms with van der Waals surface area (Å²) in [5, 5.41) is 2.53. The van der Waals surface area contributed by atoms with Gasteiger partial charge in [0.15, 0.2) is 11.6 Å². The lowest BCUT2D eigenvalue weighted by atomic mass is 10.1. The third-order valence-electron chi connectivity index (χ3n) is 1.87. The van der Waals surface area contributed by atoms with Crippen LogP contribution in [0, 0.1) is 11.6 Å². The van der Waals surface area contributed by atoms with Crippen LogP contribution in [-0.4, -0.2) is 11.9 Å². The van der Waals surface area contributed by atoms with Crippen molar-refractivity contribution in [3.05, 3.63) is 29.3 Å². The standard InChI is InChI=1S/C10H13F2N3O/c1-5(2)14-10(16)6-3-7(11)9(15-13)8(12)4-6/h3-5,15H,13H2,1-2H3,(H,14,16). The van der Waals surface area contributed by atoms with Gasteiger partial charge in [0, 0.05) is 11.6 Å². The third-order valence-corrected chi connectivity index (χ3v) is 1.87. The van der Waals surface area contributed by atoms with Gasteiger partial charge in [0.25, 0.3) is 5.91 Å². The number of rotatable bonds is 3. The van der Waals surface area contributed by atoms with Gasteiger partial charge in [0.05, 0.1) is 0 Å². The highest BCUT2D eigenvalue weighted by Crippen LogP contribution is 2.19. The van der Waals surface area contributed by atoms with Crippen molar-refractivity contribution in [3.8, 4) is 0 Å². The quantitative estimate of drug-likeness (QED) is 0.542. The smallest absolute Gasteiger partial charge is 0.251 e. The van der Waals surface area contributed by atoms with Crippen molar-refractivity contribution in [2.45, 2.75) is 19.9 Å². The lowest BCUT2D eigenvalue weighted by molar-refractivity contribution is 0.0942. The van der Waals surface area contributed by atoms with Crippen LogP contribution >= 0.6 is 0 Å². The van der Waals surface area contributed by atoms with Crippen LogP contribution in [0.1, 0.15) is 24.2 Å². The zero-order valence-electron chi connectivity index (χ0n) is 8.97. The summed E-state index contributed by atoms with van der Waals surface area (Å²) < 4.78 is 26.5. The molecule has 0 spiro atoms. The summed E-state index contributed by atoms with van der Waals surface area (Å²) in [5.41, 5.74) is 1.35. The number of nitrogens with one attached hydrogen (secondary N) is 2. The average molecular weight is 229 g/mol. The molecular formula is C10H13F2N3O. The van der Waals surface area contributed by atoms with Gasteiger partial charge in [-0.2, -0.15) is 0 Å². The molecule has 6 heteroatoms. The number of benzene rings is 1. The fourth-order valence-electron chi connectivity index (χ4n) is 1.19. The minimum Gasteiger partial charge on any atom is -0.350 e. The van der Waals surface area contributed by atoms with Crippen LogP contribution in [0.3, 0.4) is 0 Å². The van der Waals surface area contributed by atoms with Crippen LogP contribution in [0.4, 0.5) is 14.5 Å². The van der Waals surface area contributed by atoms with Crippen molar-refractivity contribution in [2.24, 2.45) is 5.84 Å². The zero-order chi connectivity index (χ0) is 12.3. The number of hydrogen-bond donors (Lipinski definition) is 3. The van der Waals surface area contributed by atoms with E-state index in [9.17, 15) is 13.6 Å². The van der Waals surface area contributed by atoms with Gasteiger partial charge < -0.3 is 10.7 Å². The molecule has 0 saturated carbocycles. The number of anilines is 1. The number of carbonyl (C=O) groups excluding carboxylic acids is 1. The molecule has 1 rings (SSSR count). The molecule has 4 nitrogen and oxygen atoms in total. The predicted octanol–water partition coefficient (Wildman–Crippen LogP) is 1.39. The first-order valence-corrected chi connectivity index (χ1v) is 4.72. The maximum absolute atomic E-state index is 13.2. The van der Waals surface area contributed by atoms with Crippen LogP contribution in [0.5, 0.6) is 0 Å². The largest absolute Gasteiger partial charge is 0.350 e. The Morgan fingerprint density at radius 3 is 2.19 bits per heavy atom. The first-order chi connectivity index (χ1) is 7.45. The van der Waals surface area contributed by atoms with Crippen LogP contribution in [0.25, 0.3) is 0 Å². The molecule has 0 unspecified atom stereocenters. The van der Waals surface area contributed by atoms with Gasteiger partial charge in [0.2, 0.25) is 0 Å². The number of nitrogen functional groups attached to an aromatic ring is 1. The third kappa shape index (κ3) is 2.66. The van der Waals surface area contributed by atoms with E-state index < -0.39 is 23.2 Å². The molecule has 0 atom stereocenters. The van der Waals surface area contributed by atoms with Gasteiger partial charge in [-0.25, -0.2) is 8.78 Å². The summed E-state index contributed by atoms with van der Waals surface area (Å²) in [5.74, 6) is 2.58. The Bertz CT molecular complexity index is 384. The van der Waals surface area contributed by atoms with Gasteiger partial charge in [-0.05, 0) is 26.0 Å². The summed E-state index contributed by atoms with van der Waals surface area (Å²) in [6.45, 7) is 3.50. The van der Waals surface area contributed by atoms with E-state index in [0.29, 0.717) is 0 Å². The summed E-state index contributed by atoms with van der Waals surface area (Å²) in [7, 11) is 0. The maximum Gasteiger partial charge on any atom is 0.251 e. The molecule has 4 N–H and O–H groups in total. The highest BCUT2D eigenvalue weighted by Gasteiger charge is 2.14. The molecule has 0 saturated heterocycles. The average Bonchev–Trinajstić information content (AvgIpc) is 2.16. The van der Waals surface area contributed by atoms with E-state index in [-0.39, 0.29) is 11.6 Å². The highest BCUT2D eigenvalue weighted by atomic mass is 19.1. The normalized spacial score (nSPS) is 10.4. The van der Waals surface area contributed by atoms with E-state index in [1.165, 1.54) is 0 Å². The molecule has 1 amide bonds. The van der Waals surface area contributed by atoms with E-state index in [1.807, 2.05) is 5.43 Å². The molecule has 0 heterocycles. The fourth-order valence-corrected chi connectivity index (χ4v) is 1.19.